The number of terminal acetylenes is 1. The lowest BCUT2D eigenvalue weighted by atomic mass is 10.2. The lowest BCUT2D eigenvalue weighted by Gasteiger charge is -2.01. The Bertz CT molecular complexity index is 655. The minimum Gasteiger partial charge on any atom is -0.449 e. The van der Waals surface area contributed by atoms with E-state index in [4.69, 9.17) is 27.2 Å². The van der Waals surface area contributed by atoms with Crippen molar-refractivity contribution in [3.8, 4) is 23.7 Å². The van der Waals surface area contributed by atoms with E-state index in [0.717, 1.165) is 4.47 Å². The molecule has 1 aromatic carbocycles. The van der Waals surface area contributed by atoms with E-state index in [1.807, 2.05) is 6.07 Å². The van der Waals surface area contributed by atoms with Gasteiger partial charge in [-0.15, -0.1) is 6.42 Å². The monoisotopic (exact) mass is 338 g/mol. The second-order valence-corrected chi connectivity index (χ2v) is 4.89. The topological polar surface area (TPSA) is 39.4 Å². The van der Waals surface area contributed by atoms with E-state index in [2.05, 4.69) is 21.9 Å². The van der Waals surface area contributed by atoms with Gasteiger partial charge in [-0.1, -0.05) is 33.5 Å². The molecule has 0 aliphatic carbocycles. The van der Waals surface area contributed by atoms with Crippen molar-refractivity contribution in [2.45, 2.75) is 0 Å². The summed E-state index contributed by atoms with van der Waals surface area (Å²) >= 11 is 9.42. The van der Waals surface area contributed by atoms with Crippen molar-refractivity contribution >= 4 is 33.5 Å². The molecule has 5 heteroatoms. The van der Waals surface area contributed by atoms with Crippen LogP contribution in [-0.4, -0.2) is 12.6 Å². The van der Waals surface area contributed by atoms with E-state index in [9.17, 15) is 4.79 Å². The fourth-order valence-electron chi connectivity index (χ4n) is 1.46. The molecule has 3 nitrogen and oxygen atoms in total. The van der Waals surface area contributed by atoms with Crippen LogP contribution in [0, 0.1) is 12.3 Å². The van der Waals surface area contributed by atoms with Crippen LogP contribution in [0.3, 0.4) is 0 Å². The molecular formula is C14H8BrClO3. The maximum absolute atomic E-state index is 11.5. The van der Waals surface area contributed by atoms with Gasteiger partial charge < -0.3 is 9.15 Å². The highest BCUT2D eigenvalue weighted by molar-refractivity contribution is 9.10. The van der Waals surface area contributed by atoms with Gasteiger partial charge in [-0.3, -0.25) is 0 Å². The summed E-state index contributed by atoms with van der Waals surface area (Å²) in [5.41, 5.74) is 0.695. The van der Waals surface area contributed by atoms with Gasteiger partial charge in [0.15, 0.2) is 6.61 Å². The van der Waals surface area contributed by atoms with E-state index in [-0.39, 0.29) is 12.4 Å². The van der Waals surface area contributed by atoms with E-state index in [1.54, 1.807) is 18.2 Å². The molecule has 0 spiro atoms. The summed E-state index contributed by atoms with van der Waals surface area (Å²) in [7, 11) is 0. The van der Waals surface area contributed by atoms with Crippen LogP contribution in [0.2, 0.25) is 5.02 Å². The van der Waals surface area contributed by atoms with Crippen LogP contribution in [0.5, 0.6) is 0 Å². The number of carbonyl (C=O) groups is 1. The summed E-state index contributed by atoms with van der Waals surface area (Å²) in [6.07, 6.45) is 5.01. The van der Waals surface area contributed by atoms with Crippen molar-refractivity contribution in [3.05, 3.63) is 45.6 Å². The van der Waals surface area contributed by atoms with E-state index >= 15 is 0 Å². The molecule has 0 aliphatic heterocycles. The second-order valence-electron chi connectivity index (χ2n) is 3.57. The second kappa shape index (κ2) is 5.96. The Morgan fingerprint density at radius 1 is 1.42 bits per heavy atom. The molecule has 0 unspecified atom stereocenters. The number of benzene rings is 1. The van der Waals surface area contributed by atoms with Gasteiger partial charge in [0.25, 0.3) is 0 Å². The summed E-state index contributed by atoms with van der Waals surface area (Å²) in [5.74, 6) is 2.19. The normalized spacial score (nSPS) is 9.95. The zero-order valence-corrected chi connectivity index (χ0v) is 12.0. The van der Waals surface area contributed by atoms with Crippen LogP contribution in [0.4, 0.5) is 0 Å². The molecule has 19 heavy (non-hydrogen) atoms. The van der Waals surface area contributed by atoms with Crippen molar-refractivity contribution in [1.82, 2.24) is 0 Å². The van der Waals surface area contributed by atoms with Crippen molar-refractivity contribution in [2.75, 3.05) is 6.61 Å². The first-order chi connectivity index (χ1) is 9.11. The quantitative estimate of drug-likeness (QED) is 0.623. The van der Waals surface area contributed by atoms with Crippen molar-refractivity contribution in [1.29, 1.82) is 0 Å². The Kier molecular flexibility index (Phi) is 4.31. The molecule has 0 N–H and O–H groups in total. The number of hydrogen-bond donors (Lipinski definition) is 0. The number of rotatable bonds is 3. The van der Waals surface area contributed by atoms with Gasteiger partial charge >= 0.3 is 5.97 Å². The molecule has 0 atom stereocenters. The van der Waals surface area contributed by atoms with Gasteiger partial charge in [-0.2, -0.15) is 0 Å². The van der Waals surface area contributed by atoms with E-state index in [0.29, 0.717) is 16.3 Å². The van der Waals surface area contributed by atoms with Gasteiger partial charge in [0, 0.05) is 10.0 Å². The molecule has 1 heterocycles. The first-order valence-electron chi connectivity index (χ1n) is 5.27. The summed E-state index contributed by atoms with van der Waals surface area (Å²) in [5, 5.41) is 0.521. The predicted octanol–water partition coefficient (Wildman–Crippen LogP) is 4.15. The number of hydrogen-bond acceptors (Lipinski definition) is 3. The number of carbonyl (C=O) groups excluding carboxylic acids is 1. The molecule has 0 saturated heterocycles. The minimum absolute atomic E-state index is 0.0873. The SMILES string of the molecule is C#CCOC(=O)c1ccc(-c2ccc(Br)cc2Cl)o1. The smallest absolute Gasteiger partial charge is 0.375 e. The standard InChI is InChI=1S/C14H8BrClO3/c1-2-7-18-14(17)13-6-5-12(19-13)10-4-3-9(15)8-11(10)16/h1,3-6,8H,7H2. The van der Waals surface area contributed by atoms with E-state index in [1.165, 1.54) is 6.07 Å². The third kappa shape index (κ3) is 3.19. The molecule has 2 rings (SSSR count). The summed E-state index contributed by atoms with van der Waals surface area (Å²) in [4.78, 5) is 11.5. The average molecular weight is 340 g/mol. The van der Waals surface area contributed by atoms with Crippen LogP contribution >= 0.6 is 27.5 Å². The van der Waals surface area contributed by atoms with Gasteiger partial charge in [0.1, 0.15) is 5.76 Å². The summed E-state index contributed by atoms with van der Waals surface area (Å²) in [6, 6.07) is 8.55. The molecule has 96 valence electrons. The fourth-order valence-corrected chi connectivity index (χ4v) is 2.23. The minimum atomic E-state index is -0.600. The van der Waals surface area contributed by atoms with E-state index < -0.39 is 5.97 Å². The average Bonchev–Trinajstić information content (AvgIpc) is 2.85. The largest absolute Gasteiger partial charge is 0.449 e. The highest BCUT2D eigenvalue weighted by atomic mass is 79.9. The molecular weight excluding hydrogens is 332 g/mol. The highest BCUT2D eigenvalue weighted by Gasteiger charge is 2.14. The first-order valence-corrected chi connectivity index (χ1v) is 6.45. The van der Waals surface area contributed by atoms with Crippen molar-refractivity contribution in [3.63, 3.8) is 0 Å². The van der Waals surface area contributed by atoms with Crippen LogP contribution in [-0.2, 0) is 4.74 Å². The van der Waals surface area contributed by atoms with Crippen molar-refractivity contribution in [2.24, 2.45) is 0 Å². The third-order valence-corrected chi connectivity index (χ3v) is 3.10. The lowest BCUT2D eigenvalue weighted by Crippen LogP contribution is -2.03. The number of esters is 1. The molecule has 0 aliphatic rings. The molecule has 0 bridgehead atoms. The molecule has 0 fully saturated rings. The first kappa shape index (κ1) is 13.7. The summed E-state index contributed by atoms with van der Waals surface area (Å²) in [6.45, 7) is -0.0894. The molecule has 0 saturated carbocycles. The third-order valence-electron chi connectivity index (χ3n) is 2.29. The fraction of sp³-hybridized carbons (Fsp3) is 0.0714. The number of ether oxygens (including phenoxy) is 1. The summed E-state index contributed by atoms with van der Waals surface area (Å²) < 4.78 is 11.0. The maximum atomic E-state index is 11.5. The zero-order valence-electron chi connectivity index (χ0n) is 9.65. The maximum Gasteiger partial charge on any atom is 0.375 e. The molecule has 0 radical (unpaired) electrons. The lowest BCUT2D eigenvalue weighted by molar-refractivity contribution is 0.0521. The van der Waals surface area contributed by atoms with Gasteiger partial charge in [-0.25, -0.2) is 4.79 Å². The predicted molar refractivity (Wildman–Crippen MR) is 76.0 cm³/mol. The van der Waals surface area contributed by atoms with Gasteiger partial charge in [0.2, 0.25) is 5.76 Å². The highest BCUT2D eigenvalue weighted by Crippen LogP contribution is 2.31. The molecule has 2 aromatic rings. The number of halogens is 2. The van der Waals surface area contributed by atoms with Crippen LogP contribution < -0.4 is 0 Å². The Labute approximate surface area is 123 Å². The number of furan rings is 1. The van der Waals surface area contributed by atoms with Gasteiger partial charge in [0.05, 0.1) is 5.02 Å². The Balaban J connectivity index is 2.26. The van der Waals surface area contributed by atoms with Crippen LogP contribution in [0.1, 0.15) is 10.6 Å². The molecule has 0 amide bonds. The van der Waals surface area contributed by atoms with Crippen LogP contribution in [0.25, 0.3) is 11.3 Å². The van der Waals surface area contributed by atoms with Crippen LogP contribution in [0.15, 0.2) is 39.2 Å². The Hall–Kier alpha value is -1.70. The Morgan fingerprint density at radius 2 is 2.21 bits per heavy atom. The van der Waals surface area contributed by atoms with Gasteiger partial charge in [-0.05, 0) is 30.3 Å². The zero-order chi connectivity index (χ0) is 13.8. The van der Waals surface area contributed by atoms with Crippen molar-refractivity contribution < 1.29 is 13.9 Å². The Morgan fingerprint density at radius 3 is 2.89 bits per heavy atom. The molecule has 1 aromatic heterocycles.